The first-order valence-electron chi connectivity index (χ1n) is 6.03. The Morgan fingerprint density at radius 1 is 1.38 bits per heavy atom. The molecule has 2 aromatic heterocycles. The number of fused-ring (bicyclic) bond motifs is 1. The molecule has 5 nitrogen and oxygen atoms in total. The number of aromatic nitrogens is 3. The fourth-order valence-electron chi connectivity index (χ4n) is 2.11. The van der Waals surface area contributed by atoms with Crippen LogP contribution >= 0.6 is 23.2 Å². The highest BCUT2D eigenvalue weighted by Crippen LogP contribution is 2.18. The maximum atomic E-state index is 12.4. The third-order valence-corrected chi connectivity index (χ3v) is 3.64. The summed E-state index contributed by atoms with van der Waals surface area (Å²) >= 11 is 12.0. The average Bonchev–Trinajstić information content (AvgIpc) is 2.86. The molecule has 3 aromatic rings. The summed E-state index contributed by atoms with van der Waals surface area (Å²) in [6.45, 7) is 0. The molecule has 0 saturated heterocycles. The first kappa shape index (κ1) is 13.7. The van der Waals surface area contributed by atoms with Gasteiger partial charge in [-0.05, 0) is 17.7 Å². The Morgan fingerprint density at radius 3 is 2.90 bits per heavy atom. The van der Waals surface area contributed by atoms with E-state index in [0.717, 1.165) is 5.56 Å². The Bertz CT molecular complexity index is 936. The number of hydrogen-bond acceptors (Lipinski definition) is 3. The van der Waals surface area contributed by atoms with Crippen molar-refractivity contribution in [2.75, 3.05) is 0 Å². The van der Waals surface area contributed by atoms with Gasteiger partial charge in [0.15, 0.2) is 5.65 Å². The molecule has 0 unspecified atom stereocenters. The van der Waals surface area contributed by atoms with Crippen molar-refractivity contribution < 1.29 is 0 Å². The maximum absolute atomic E-state index is 12.4. The summed E-state index contributed by atoms with van der Waals surface area (Å²) in [7, 11) is 0. The van der Waals surface area contributed by atoms with Crippen molar-refractivity contribution in [3.8, 4) is 6.07 Å². The molecule has 0 aliphatic carbocycles. The molecule has 0 atom stereocenters. The van der Waals surface area contributed by atoms with Crippen LogP contribution in [0.4, 0.5) is 0 Å². The van der Waals surface area contributed by atoms with Crippen molar-refractivity contribution in [1.82, 2.24) is 14.6 Å². The van der Waals surface area contributed by atoms with E-state index >= 15 is 0 Å². The lowest BCUT2D eigenvalue weighted by atomic mass is 10.1. The predicted octanol–water partition coefficient (Wildman–Crippen LogP) is 2.79. The smallest absolute Gasteiger partial charge is 0.277 e. The Morgan fingerprint density at radius 2 is 2.19 bits per heavy atom. The molecule has 7 heteroatoms. The van der Waals surface area contributed by atoms with E-state index in [1.807, 2.05) is 12.1 Å². The molecule has 1 aromatic carbocycles. The predicted molar refractivity (Wildman–Crippen MR) is 79.8 cm³/mol. The van der Waals surface area contributed by atoms with Crippen LogP contribution < -0.4 is 5.56 Å². The van der Waals surface area contributed by atoms with Crippen LogP contribution in [0.1, 0.15) is 16.7 Å². The van der Waals surface area contributed by atoms with E-state index in [2.05, 4.69) is 10.1 Å². The SMILES string of the molecule is N#Cc1c[nH]n2c(=O)c(Cc3cccc(Cl)c3)c(Cl)nc12. The number of H-pyrrole nitrogens is 1. The second-order valence-corrected chi connectivity index (χ2v) is 5.25. The topological polar surface area (TPSA) is 73.9 Å². The Labute approximate surface area is 129 Å². The van der Waals surface area contributed by atoms with Gasteiger partial charge in [-0.25, -0.2) is 4.98 Å². The normalized spacial score (nSPS) is 10.7. The summed E-state index contributed by atoms with van der Waals surface area (Å²) in [4.78, 5) is 16.6. The third kappa shape index (κ3) is 2.40. The number of hydrogen-bond donors (Lipinski definition) is 1. The Kier molecular flexibility index (Phi) is 3.42. The van der Waals surface area contributed by atoms with Crippen molar-refractivity contribution in [3.05, 3.63) is 67.7 Å². The van der Waals surface area contributed by atoms with Gasteiger partial charge in [-0.2, -0.15) is 9.78 Å². The highest BCUT2D eigenvalue weighted by Gasteiger charge is 2.15. The van der Waals surface area contributed by atoms with Crippen molar-refractivity contribution >= 4 is 28.8 Å². The van der Waals surface area contributed by atoms with E-state index in [0.29, 0.717) is 17.0 Å². The molecule has 21 heavy (non-hydrogen) atoms. The monoisotopic (exact) mass is 318 g/mol. The molecule has 0 aliphatic rings. The van der Waals surface area contributed by atoms with Gasteiger partial charge >= 0.3 is 0 Å². The summed E-state index contributed by atoms with van der Waals surface area (Å²) in [6, 6.07) is 9.13. The van der Waals surface area contributed by atoms with E-state index < -0.39 is 0 Å². The quantitative estimate of drug-likeness (QED) is 0.738. The fourth-order valence-corrected chi connectivity index (χ4v) is 2.55. The van der Waals surface area contributed by atoms with Crippen molar-refractivity contribution in [2.45, 2.75) is 6.42 Å². The average molecular weight is 319 g/mol. The summed E-state index contributed by atoms with van der Waals surface area (Å²) in [5, 5.41) is 12.3. The minimum atomic E-state index is -0.327. The number of aromatic amines is 1. The van der Waals surface area contributed by atoms with E-state index in [4.69, 9.17) is 28.5 Å². The summed E-state index contributed by atoms with van der Waals surface area (Å²) in [5.41, 5.74) is 1.37. The molecule has 2 heterocycles. The molecular formula is C14H8Cl2N4O. The molecular weight excluding hydrogens is 311 g/mol. The van der Waals surface area contributed by atoms with Crippen LogP contribution in [-0.4, -0.2) is 14.6 Å². The molecule has 1 N–H and O–H groups in total. The highest BCUT2D eigenvalue weighted by atomic mass is 35.5. The van der Waals surface area contributed by atoms with Gasteiger partial charge in [-0.3, -0.25) is 9.89 Å². The second-order valence-electron chi connectivity index (χ2n) is 4.45. The number of benzene rings is 1. The van der Waals surface area contributed by atoms with Crippen LogP contribution in [-0.2, 0) is 6.42 Å². The van der Waals surface area contributed by atoms with Crippen molar-refractivity contribution in [1.29, 1.82) is 5.26 Å². The zero-order valence-corrected chi connectivity index (χ0v) is 12.1. The Hall–Kier alpha value is -2.29. The molecule has 0 bridgehead atoms. The summed E-state index contributed by atoms with van der Waals surface area (Å²) in [6.07, 6.45) is 1.73. The lowest BCUT2D eigenvalue weighted by molar-refractivity contribution is 0.873. The van der Waals surface area contributed by atoms with Gasteiger partial charge in [0.25, 0.3) is 5.56 Å². The second kappa shape index (κ2) is 5.24. The van der Waals surface area contributed by atoms with Gasteiger partial charge in [-0.1, -0.05) is 35.3 Å². The number of nitriles is 1. The van der Waals surface area contributed by atoms with E-state index in [1.54, 1.807) is 18.2 Å². The van der Waals surface area contributed by atoms with Crippen molar-refractivity contribution in [2.24, 2.45) is 0 Å². The molecule has 104 valence electrons. The molecule has 3 rings (SSSR count). The van der Waals surface area contributed by atoms with Crippen LogP contribution in [0.5, 0.6) is 0 Å². The minimum absolute atomic E-state index is 0.0936. The van der Waals surface area contributed by atoms with E-state index in [1.165, 1.54) is 10.7 Å². The minimum Gasteiger partial charge on any atom is -0.295 e. The van der Waals surface area contributed by atoms with Gasteiger partial charge in [0.2, 0.25) is 0 Å². The summed E-state index contributed by atoms with van der Waals surface area (Å²) in [5.74, 6) is 0. The lowest BCUT2D eigenvalue weighted by Gasteiger charge is -2.05. The zero-order chi connectivity index (χ0) is 15.0. The van der Waals surface area contributed by atoms with Gasteiger partial charge in [0.05, 0.1) is 5.56 Å². The molecule has 0 amide bonds. The number of nitrogens with one attached hydrogen (secondary N) is 1. The molecule has 0 saturated carbocycles. The number of halogens is 2. The first-order chi connectivity index (χ1) is 10.1. The van der Waals surface area contributed by atoms with Crippen LogP contribution in [0.2, 0.25) is 10.2 Å². The summed E-state index contributed by atoms with van der Waals surface area (Å²) < 4.78 is 1.21. The van der Waals surface area contributed by atoms with E-state index in [9.17, 15) is 4.79 Å². The third-order valence-electron chi connectivity index (χ3n) is 3.10. The molecule has 0 radical (unpaired) electrons. The van der Waals surface area contributed by atoms with Gasteiger partial charge < -0.3 is 0 Å². The number of rotatable bonds is 2. The first-order valence-corrected chi connectivity index (χ1v) is 6.79. The lowest BCUT2D eigenvalue weighted by Crippen LogP contribution is -2.21. The van der Waals surface area contributed by atoms with Gasteiger partial charge in [0, 0.05) is 17.6 Å². The Balaban J connectivity index is 2.16. The number of nitrogens with zero attached hydrogens (tertiary/aromatic N) is 3. The largest absolute Gasteiger partial charge is 0.295 e. The van der Waals surface area contributed by atoms with E-state index in [-0.39, 0.29) is 21.9 Å². The van der Waals surface area contributed by atoms with Gasteiger partial charge in [0.1, 0.15) is 16.8 Å². The van der Waals surface area contributed by atoms with Crippen LogP contribution in [0.25, 0.3) is 5.65 Å². The highest BCUT2D eigenvalue weighted by molar-refractivity contribution is 6.31. The fraction of sp³-hybridized carbons (Fsp3) is 0.0714. The van der Waals surface area contributed by atoms with Crippen molar-refractivity contribution in [3.63, 3.8) is 0 Å². The zero-order valence-electron chi connectivity index (χ0n) is 10.6. The maximum Gasteiger partial charge on any atom is 0.277 e. The van der Waals surface area contributed by atoms with Crippen LogP contribution in [0.15, 0.2) is 35.3 Å². The molecule has 0 spiro atoms. The standard InChI is InChI=1S/C14H8Cl2N4O/c15-10-3-1-2-8(4-10)5-11-12(16)19-13-9(6-17)7-18-20(13)14(11)21/h1-4,7,18H,5H2. The van der Waals surface area contributed by atoms with Gasteiger partial charge in [-0.15, -0.1) is 0 Å². The molecule has 0 fully saturated rings. The van der Waals surface area contributed by atoms with Crippen LogP contribution in [0, 0.1) is 11.3 Å². The van der Waals surface area contributed by atoms with Crippen LogP contribution in [0.3, 0.4) is 0 Å². The molecule has 0 aliphatic heterocycles.